The van der Waals surface area contributed by atoms with Crippen LogP contribution in [-0.4, -0.2) is 42.2 Å². The van der Waals surface area contributed by atoms with E-state index in [4.69, 9.17) is 9.84 Å². The summed E-state index contributed by atoms with van der Waals surface area (Å²) < 4.78 is 43.3. The molecule has 0 aliphatic carbocycles. The SMILES string of the molecule is O=C(CCC1CCCN(Cc2ccc(OCCO)cc2)C1)Nc1ccc(C(F)(F)F)cc1. The fourth-order valence-corrected chi connectivity index (χ4v) is 3.94. The molecule has 8 heteroatoms. The Bertz CT molecular complexity index is 854. The first-order valence-corrected chi connectivity index (χ1v) is 10.9. The number of likely N-dealkylation sites (tertiary alicyclic amines) is 1. The molecular formula is C24H29F3N2O3. The van der Waals surface area contributed by atoms with Crippen LogP contribution in [0.1, 0.15) is 36.8 Å². The number of anilines is 1. The maximum absolute atomic E-state index is 12.6. The van der Waals surface area contributed by atoms with Crippen LogP contribution in [0.3, 0.4) is 0 Å². The summed E-state index contributed by atoms with van der Waals surface area (Å²) in [6.45, 7) is 3.01. The van der Waals surface area contributed by atoms with Crippen molar-refractivity contribution in [3.8, 4) is 5.75 Å². The molecule has 1 unspecified atom stereocenters. The molecule has 1 fully saturated rings. The molecule has 0 bridgehead atoms. The van der Waals surface area contributed by atoms with Crippen molar-refractivity contribution in [1.82, 2.24) is 4.90 Å². The summed E-state index contributed by atoms with van der Waals surface area (Å²) in [5.41, 5.74) is 0.826. The number of ether oxygens (including phenoxy) is 1. The van der Waals surface area contributed by atoms with Gasteiger partial charge in [-0.05, 0) is 73.7 Å². The normalized spacial score (nSPS) is 17.2. The minimum absolute atomic E-state index is 0.0146. The molecule has 0 aromatic heterocycles. The minimum atomic E-state index is -4.38. The molecule has 174 valence electrons. The molecule has 1 saturated heterocycles. The summed E-state index contributed by atoms with van der Waals surface area (Å²) in [7, 11) is 0. The van der Waals surface area contributed by atoms with Crippen molar-refractivity contribution in [3.63, 3.8) is 0 Å². The van der Waals surface area contributed by atoms with E-state index in [9.17, 15) is 18.0 Å². The second kappa shape index (κ2) is 11.3. The number of amides is 1. The quantitative estimate of drug-likeness (QED) is 0.581. The molecule has 0 spiro atoms. The number of hydrogen-bond acceptors (Lipinski definition) is 4. The molecular weight excluding hydrogens is 421 g/mol. The first-order valence-electron chi connectivity index (χ1n) is 10.9. The minimum Gasteiger partial charge on any atom is -0.491 e. The van der Waals surface area contributed by atoms with Gasteiger partial charge in [0.2, 0.25) is 5.91 Å². The number of aliphatic hydroxyl groups is 1. The smallest absolute Gasteiger partial charge is 0.416 e. The fourth-order valence-electron chi connectivity index (χ4n) is 3.94. The van der Waals surface area contributed by atoms with Gasteiger partial charge in [0.25, 0.3) is 0 Å². The Morgan fingerprint density at radius 2 is 1.84 bits per heavy atom. The standard InChI is InChI=1S/C24H29F3N2O3/c25-24(26,27)20-6-8-21(9-7-20)28-23(31)12-5-18-2-1-13-29(16-18)17-19-3-10-22(11-4-19)32-15-14-30/h3-4,6-11,18,30H,1-2,5,12-17H2,(H,28,31). The first kappa shape index (κ1) is 24.1. The van der Waals surface area contributed by atoms with Gasteiger partial charge in [-0.1, -0.05) is 12.1 Å². The van der Waals surface area contributed by atoms with Crippen molar-refractivity contribution in [2.75, 3.05) is 31.6 Å². The van der Waals surface area contributed by atoms with E-state index in [1.165, 1.54) is 17.7 Å². The Labute approximate surface area is 186 Å². The number of carbonyl (C=O) groups excluding carboxylic acids is 1. The first-order chi connectivity index (χ1) is 15.3. The van der Waals surface area contributed by atoms with Gasteiger partial charge in [-0.2, -0.15) is 13.2 Å². The third-order valence-corrected chi connectivity index (χ3v) is 5.57. The molecule has 1 atom stereocenters. The van der Waals surface area contributed by atoms with Gasteiger partial charge >= 0.3 is 6.18 Å². The predicted molar refractivity (Wildman–Crippen MR) is 116 cm³/mol. The number of halogens is 3. The van der Waals surface area contributed by atoms with Gasteiger partial charge in [-0.25, -0.2) is 0 Å². The number of rotatable bonds is 9. The number of alkyl halides is 3. The lowest BCUT2D eigenvalue weighted by atomic mass is 9.93. The van der Waals surface area contributed by atoms with E-state index in [1.54, 1.807) is 0 Å². The zero-order valence-corrected chi connectivity index (χ0v) is 17.9. The molecule has 1 aliphatic rings. The van der Waals surface area contributed by atoms with E-state index in [1.807, 2.05) is 24.3 Å². The van der Waals surface area contributed by atoms with Gasteiger partial charge < -0.3 is 15.2 Å². The summed E-state index contributed by atoms with van der Waals surface area (Å²) in [5, 5.41) is 11.5. The number of carbonyl (C=O) groups is 1. The van der Waals surface area contributed by atoms with Crippen LogP contribution < -0.4 is 10.1 Å². The summed E-state index contributed by atoms with van der Waals surface area (Å²) in [5.74, 6) is 0.966. The van der Waals surface area contributed by atoms with E-state index in [2.05, 4.69) is 10.2 Å². The van der Waals surface area contributed by atoms with Crippen LogP contribution in [0.2, 0.25) is 0 Å². The molecule has 1 amide bonds. The highest BCUT2D eigenvalue weighted by Gasteiger charge is 2.30. The fraction of sp³-hybridized carbons (Fsp3) is 0.458. The summed E-state index contributed by atoms with van der Waals surface area (Å²) in [4.78, 5) is 14.6. The number of aliphatic hydroxyl groups excluding tert-OH is 1. The maximum Gasteiger partial charge on any atom is 0.416 e. The lowest BCUT2D eigenvalue weighted by Gasteiger charge is -2.32. The number of piperidine rings is 1. The average molecular weight is 451 g/mol. The topological polar surface area (TPSA) is 61.8 Å². The van der Waals surface area contributed by atoms with E-state index >= 15 is 0 Å². The van der Waals surface area contributed by atoms with Crippen LogP contribution in [0.25, 0.3) is 0 Å². The zero-order valence-electron chi connectivity index (χ0n) is 17.9. The number of nitrogens with zero attached hydrogens (tertiary/aromatic N) is 1. The highest BCUT2D eigenvalue weighted by molar-refractivity contribution is 5.90. The third-order valence-electron chi connectivity index (χ3n) is 5.57. The molecule has 0 radical (unpaired) electrons. The van der Waals surface area contributed by atoms with Gasteiger partial charge in [-0.3, -0.25) is 9.69 Å². The van der Waals surface area contributed by atoms with Crippen molar-refractivity contribution in [2.24, 2.45) is 5.92 Å². The van der Waals surface area contributed by atoms with Gasteiger partial charge in [-0.15, -0.1) is 0 Å². The van der Waals surface area contributed by atoms with Crippen molar-refractivity contribution in [3.05, 3.63) is 59.7 Å². The Morgan fingerprint density at radius 1 is 1.12 bits per heavy atom. The second-order valence-corrected chi connectivity index (χ2v) is 8.12. The van der Waals surface area contributed by atoms with Gasteiger partial charge in [0, 0.05) is 25.2 Å². The maximum atomic E-state index is 12.6. The largest absolute Gasteiger partial charge is 0.491 e. The lowest BCUT2D eigenvalue weighted by molar-refractivity contribution is -0.137. The van der Waals surface area contributed by atoms with Crippen LogP contribution in [0.4, 0.5) is 18.9 Å². The second-order valence-electron chi connectivity index (χ2n) is 8.12. The number of benzene rings is 2. The monoisotopic (exact) mass is 450 g/mol. The van der Waals surface area contributed by atoms with E-state index in [-0.39, 0.29) is 19.1 Å². The Hall–Kier alpha value is -2.58. The Balaban J connectivity index is 1.42. The highest BCUT2D eigenvalue weighted by Crippen LogP contribution is 2.30. The van der Waals surface area contributed by atoms with Crippen LogP contribution in [0.15, 0.2) is 48.5 Å². The molecule has 2 aromatic rings. The number of nitrogens with one attached hydrogen (secondary N) is 1. The summed E-state index contributed by atoms with van der Waals surface area (Å²) >= 11 is 0. The average Bonchev–Trinajstić information content (AvgIpc) is 2.77. The van der Waals surface area contributed by atoms with Gasteiger partial charge in [0.1, 0.15) is 12.4 Å². The Kier molecular flexibility index (Phi) is 8.53. The van der Waals surface area contributed by atoms with Crippen LogP contribution in [-0.2, 0) is 17.5 Å². The summed E-state index contributed by atoms with van der Waals surface area (Å²) in [6, 6.07) is 12.4. The van der Waals surface area contributed by atoms with E-state index in [0.29, 0.717) is 18.0 Å². The van der Waals surface area contributed by atoms with Crippen molar-refractivity contribution < 1.29 is 27.8 Å². The van der Waals surface area contributed by atoms with Crippen molar-refractivity contribution >= 4 is 11.6 Å². The van der Waals surface area contributed by atoms with E-state index in [0.717, 1.165) is 56.8 Å². The van der Waals surface area contributed by atoms with Crippen LogP contribution in [0.5, 0.6) is 5.75 Å². The Morgan fingerprint density at radius 3 is 2.50 bits per heavy atom. The zero-order chi connectivity index (χ0) is 23.0. The third kappa shape index (κ3) is 7.53. The van der Waals surface area contributed by atoms with E-state index < -0.39 is 11.7 Å². The predicted octanol–water partition coefficient (Wildman–Crippen LogP) is 4.71. The molecule has 2 aromatic carbocycles. The summed E-state index contributed by atoms with van der Waals surface area (Å²) in [6.07, 6.45) is -1.15. The van der Waals surface area contributed by atoms with Gasteiger partial charge in [0.05, 0.1) is 12.2 Å². The van der Waals surface area contributed by atoms with Crippen LogP contribution in [0, 0.1) is 5.92 Å². The molecule has 2 N–H and O–H groups in total. The molecule has 1 aliphatic heterocycles. The molecule has 3 rings (SSSR count). The van der Waals surface area contributed by atoms with Gasteiger partial charge in [0.15, 0.2) is 0 Å². The molecule has 1 heterocycles. The van der Waals surface area contributed by atoms with Crippen LogP contribution >= 0.6 is 0 Å². The van der Waals surface area contributed by atoms with Crippen molar-refractivity contribution in [1.29, 1.82) is 0 Å². The number of hydrogen-bond donors (Lipinski definition) is 2. The molecule has 0 saturated carbocycles. The molecule has 32 heavy (non-hydrogen) atoms. The lowest BCUT2D eigenvalue weighted by Crippen LogP contribution is -2.35. The highest BCUT2D eigenvalue weighted by atomic mass is 19.4. The molecule has 5 nitrogen and oxygen atoms in total. The van der Waals surface area contributed by atoms with Crippen molar-refractivity contribution in [2.45, 2.75) is 38.4 Å².